The maximum atomic E-state index is 5.44. The Morgan fingerprint density at radius 1 is 1.04 bits per heavy atom. The van der Waals surface area contributed by atoms with Gasteiger partial charge in [-0.15, -0.1) is 11.3 Å². The van der Waals surface area contributed by atoms with Crippen molar-refractivity contribution in [2.24, 2.45) is 0 Å². The van der Waals surface area contributed by atoms with E-state index in [0.29, 0.717) is 23.8 Å². The number of thiophene rings is 1. The molecule has 0 aliphatic heterocycles. The lowest BCUT2D eigenvalue weighted by atomic mass is 10.1. The number of fused-ring (bicyclic) bond motifs is 1. The van der Waals surface area contributed by atoms with Gasteiger partial charge in [0.15, 0.2) is 11.5 Å². The minimum absolute atomic E-state index is 0.592. The summed E-state index contributed by atoms with van der Waals surface area (Å²) in [6.07, 6.45) is 1.61. The number of benzene rings is 1. The van der Waals surface area contributed by atoms with Gasteiger partial charge in [-0.05, 0) is 35.6 Å². The lowest BCUT2D eigenvalue weighted by Gasteiger charge is -2.21. The molecule has 0 saturated carbocycles. The van der Waals surface area contributed by atoms with E-state index in [0.717, 1.165) is 21.6 Å². The molecule has 0 aliphatic carbocycles. The highest BCUT2D eigenvalue weighted by Crippen LogP contribution is 2.39. The topological polar surface area (TPSA) is 56.7 Å². The zero-order chi connectivity index (χ0) is 18.0. The normalized spacial score (nSPS) is 10.8. The molecule has 25 heavy (non-hydrogen) atoms. The number of ether oxygens (including phenoxy) is 3. The maximum absolute atomic E-state index is 5.44. The van der Waals surface area contributed by atoms with E-state index in [2.05, 4.69) is 27.2 Å². The Labute approximate surface area is 151 Å². The average Bonchev–Trinajstić information content (AvgIpc) is 3.02. The molecule has 6 nitrogen and oxygen atoms in total. The van der Waals surface area contributed by atoms with Gasteiger partial charge in [0, 0.05) is 13.6 Å². The Kier molecular flexibility index (Phi) is 4.94. The zero-order valence-electron chi connectivity index (χ0n) is 15.0. The Bertz CT molecular complexity index is 869. The monoisotopic (exact) mass is 359 g/mol. The third-order valence-corrected chi connectivity index (χ3v) is 5.04. The molecule has 0 spiro atoms. The largest absolute Gasteiger partial charge is 0.493 e. The third-order valence-electron chi connectivity index (χ3n) is 4.04. The van der Waals surface area contributed by atoms with Crippen molar-refractivity contribution in [3.05, 3.63) is 35.0 Å². The number of aryl methyl sites for hydroxylation is 1. The molecule has 0 radical (unpaired) electrons. The standard InChI is InChI=1S/C18H21N3O3S/c1-11-9-25-18-15(11)17(19-10-20-18)21(2)8-12-6-13(22-3)16(24-5)14(7-12)23-4/h6-7,9-10H,8H2,1-5H3. The zero-order valence-corrected chi connectivity index (χ0v) is 15.8. The second-order valence-electron chi connectivity index (χ2n) is 5.69. The van der Waals surface area contributed by atoms with Crippen molar-refractivity contribution in [1.29, 1.82) is 0 Å². The summed E-state index contributed by atoms with van der Waals surface area (Å²) in [5, 5.41) is 3.21. The minimum atomic E-state index is 0.592. The van der Waals surface area contributed by atoms with E-state index in [1.54, 1.807) is 39.0 Å². The number of anilines is 1. The highest BCUT2D eigenvalue weighted by molar-refractivity contribution is 7.17. The molecule has 0 bridgehead atoms. The SMILES string of the molecule is COc1cc(CN(C)c2ncnc3scc(C)c23)cc(OC)c1OC. The van der Waals surface area contributed by atoms with Crippen LogP contribution in [-0.2, 0) is 6.54 Å². The number of methoxy groups -OCH3 is 3. The van der Waals surface area contributed by atoms with E-state index < -0.39 is 0 Å². The van der Waals surface area contributed by atoms with Crippen LogP contribution < -0.4 is 19.1 Å². The minimum Gasteiger partial charge on any atom is -0.493 e. The van der Waals surface area contributed by atoms with E-state index >= 15 is 0 Å². The molecule has 3 aromatic rings. The van der Waals surface area contributed by atoms with Crippen molar-refractivity contribution >= 4 is 27.4 Å². The molecule has 0 atom stereocenters. The van der Waals surface area contributed by atoms with Gasteiger partial charge in [-0.3, -0.25) is 0 Å². The highest BCUT2D eigenvalue weighted by Gasteiger charge is 2.16. The Balaban J connectivity index is 1.97. The fraction of sp³-hybridized carbons (Fsp3) is 0.333. The van der Waals surface area contributed by atoms with Gasteiger partial charge in [-0.25, -0.2) is 9.97 Å². The number of hydrogen-bond acceptors (Lipinski definition) is 7. The Morgan fingerprint density at radius 2 is 1.72 bits per heavy atom. The summed E-state index contributed by atoms with van der Waals surface area (Å²) in [7, 11) is 6.85. The van der Waals surface area contributed by atoms with Crippen molar-refractivity contribution in [2.45, 2.75) is 13.5 Å². The van der Waals surface area contributed by atoms with Crippen LogP contribution in [0.4, 0.5) is 5.82 Å². The first-order valence-electron chi connectivity index (χ1n) is 7.77. The molecule has 0 fully saturated rings. The second kappa shape index (κ2) is 7.14. The molecule has 0 saturated heterocycles. The molecule has 0 amide bonds. The molecule has 132 valence electrons. The second-order valence-corrected chi connectivity index (χ2v) is 6.54. The van der Waals surface area contributed by atoms with Crippen molar-refractivity contribution in [2.75, 3.05) is 33.3 Å². The molecular formula is C18H21N3O3S. The van der Waals surface area contributed by atoms with Crippen molar-refractivity contribution in [3.63, 3.8) is 0 Å². The number of rotatable bonds is 6. The van der Waals surface area contributed by atoms with Gasteiger partial charge in [-0.1, -0.05) is 0 Å². The number of nitrogens with zero attached hydrogens (tertiary/aromatic N) is 3. The van der Waals surface area contributed by atoms with Crippen LogP contribution in [0.1, 0.15) is 11.1 Å². The predicted molar refractivity (Wildman–Crippen MR) is 100 cm³/mol. The van der Waals surface area contributed by atoms with Crippen molar-refractivity contribution in [1.82, 2.24) is 9.97 Å². The molecule has 0 N–H and O–H groups in total. The summed E-state index contributed by atoms with van der Waals surface area (Å²) >= 11 is 1.63. The van der Waals surface area contributed by atoms with Crippen LogP contribution in [0, 0.1) is 6.92 Å². The molecule has 7 heteroatoms. The Morgan fingerprint density at radius 3 is 2.32 bits per heavy atom. The summed E-state index contributed by atoms with van der Waals surface area (Å²) in [6.45, 7) is 2.73. The highest BCUT2D eigenvalue weighted by atomic mass is 32.1. The first kappa shape index (κ1) is 17.3. The van der Waals surface area contributed by atoms with Crippen molar-refractivity contribution in [3.8, 4) is 17.2 Å². The molecule has 0 unspecified atom stereocenters. The Hall–Kier alpha value is -2.54. The number of aromatic nitrogens is 2. The van der Waals surface area contributed by atoms with E-state index in [4.69, 9.17) is 14.2 Å². The van der Waals surface area contributed by atoms with Gasteiger partial charge in [0.25, 0.3) is 0 Å². The smallest absolute Gasteiger partial charge is 0.203 e. The van der Waals surface area contributed by atoms with E-state index in [1.165, 1.54) is 5.56 Å². The van der Waals surface area contributed by atoms with Crippen LogP contribution in [0.2, 0.25) is 0 Å². The molecule has 2 aromatic heterocycles. The van der Waals surface area contributed by atoms with Crippen LogP contribution in [0.5, 0.6) is 17.2 Å². The maximum Gasteiger partial charge on any atom is 0.203 e. The summed E-state index contributed by atoms with van der Waals surface area (Å²) < 4.78 is 16.3. The molecule has 2 heterocycles. The number of hydrogen-bond donors (Lipinski definition) is 0. The van der Waals surface area contributed by atoms with Crippen LogP contribution in [-0.4, -0.2) is 38.3 Å². The fourth-order valence-corrected chi connectivity index (χ4v) is 3.75. The van der Waals surface area contributed by atoms with Gasteiger partial charge in [0.2, 0.25) is 5.75 Å². The fourth-order valence-electron chi connectivity index (χ4n) is 2.86. The summed E-state index contributed by atoms with van der Waals surface area (Å²) in [5.41, 5.74) is 2.23. The van der Waals surface area contributed by atoms with Crippen LogP contribution in [0.25, 0.3) is 10.2 Å². The third kappa shape index (κ3) is 3.19. The first-order chi connectivity index (χ1) is 12.1. The van der Waals surface area contributed by atoms with Crippen LogP contribution in [0.3, 0.4) is 0 Å². The van der Waals surface area contributed by atoms with Gasteiger partial charge in [-0.2, -0.15) is 0 Å². The van der Waals surface area contributed by atoms with E-state index in [1.807, 2.05) is 19.2 Å². The molecular weight excluding hydrogens is 338 g/mol. The lowest BCUT2D eigenvalue weighted by Crippen LogP contribution is -2.18. The van der Waals surface area contributed by atoms with Gasteiger partial charge in [0.1, 0.15) is 17.0 Å². The molecule has 3 rings (SSSR count). The van der Waals surface area contributed by atoms with Gasteiger partial charge >= 0.3 is 0 Å². The van der Waals surface area contributed by atoms with Gasteiger partial charge in [0.05, 0.1) is 26.7 Å². The molecule has 1 aromatic carbocycles. The summed E-state index contributed by atoms with van der Waals surface area (Å²) in [4.78, 5) is 11.9. The van der Waals surface area contributed by atoms with Crippen molar-refractivity contribution < 1.29 is 14.2 Å². The lowest BCUT2D eigenvalue weighted by molar-refractivity contribution is 0.324. The predicted octanol–water partition coefficient (Wildman–Crippen LogP) is 3.66. The quantitative estimate of drug-likeness (QED) is 0.669. The van der Waals surface area contributed by atoms with Gasteiger partial charge < -0.3 is 19.1 Å². The van der Waals surface area contributed by atoms with Crippen LogP contribution in [0.15, 0.2) is 23.8 Å². The summed E-state index contributed by atoms with van der Waals surface area (Å²) in [5.74, 6) is 2.79. The summed E-state index contributed by atoms with van der Waals surface area (Å²) in [6, 6.07) is 3.91. The average molecular weight is 359 g/mol. The van der Waals surface area contributed by atoms with Crippen LogP contribution >= 0.6 is 11.3 Å². The van der Waals surface area contributed by atoms with E-state index in [-0.39, 0.29) is 0 Å². The molecule has 0 aliphatic rings. The first-order valence-corrected chi connectivity index (χ1v) is 8.65. The van der Waals surface area contributed by atoms with E-state index in [9.17, 15) is 0 Å².